The minimum absolute atomic E-state index is 0.0102. The molecule has 0 spiro atoms. The second-order valence-corrected chi connectivity index (χ2v) is 7.42. The Kier molecular flexibility index (Phi) is 6.83. The van der Waals surface area contributed by atoms with Gasteiger partial charge in [-0.25, -0.2) is 4.39 Å². The lowest BCUT2D eigenvalue weighted by molar-refractivity contribution is -0.0494. The molecule has 0 aliphatic carbocycles. The van der Waals surface area contributed by atoms with Gasteiger partial charge >= 0.3 is 6.61 Å². The Morgan fingerprint density at radius 3 is 2.39 bits per heavy atom. The second kappa shape index (κ2) is 9.93. The third-order valence-corrected chi connectivity index (χ3v) is 5.17. The highest BCUT2D eigenvalue weighted by Gasteiger charge is 2.20. The van der Waals surface area contributed by atoms with Crippen LogP contribution in [-0.2, 0) is 13.1 Å². The summed E-state index contributed by atoms with van der Waals surface area (Å²) in [6, 6.07) is 13.0. The molecule has 2 heterocycles. The zero-order chi connectivity index (χ0) is 21.6. The Morgan fingerprint density at radius 1 is 0.935 bits per heavy atom. The number of hydrogen-bond acceptors (Lipinski definition) is 6. The minimum atomic E-state index is -2.93. The predicted molar refractivity (Wildman–Crippen MR) is 108 cm³/mol. The van der Waals surface area contributed by atoms with Crippen LogP contribution in [0.3, 0.4) is 0 Å². The summed E-state index contributed by atoms with van der Waals surface area (Å²) in [6.45, 7) is 1.84. The maximum Gasteiger partial charge on any atom is 0.387 e. The third kappa shape index (κ3) is 5.83. The summed E-state index contributed by atoms with van der Waals surface area (Å²) in [5.41, 5.74) is 1.44. The van der Waals surface area contributed by atoms with Gasteiger partial charge in [0.25, 0.3) is 0 Å². The van der Waals surface area contributed by atoms with Crippen LogP contribution in [0.15, 0.2) is 53.1 Å². The molecule has 31 heavy (non-hydrogen) atoms. The van der Waals surface area contributed by atoms with Crippen molar-refractivity contribution in [3.8, 4) is 17.1 Å². The van der Waals surface area contributed by atoms with Gasteiger partial charge in [-0.3, -0.25) is 9.80 Å². The number of benzene rings is 2. The highest BCUT2D eigenvalue weighted by molar-refractivity contribution is 5.63. The van der Waals surface area contributed by atoms with E-state index in [1.54, 1.807) is 18.2 Å². The van der Waals surface area contributed by atoms with Gasteiger partial charge in [-0.15, -0.1) is 0 Å². The molecule has 0 atom stereocenters. The maximum absolute atomic E-state index is 13.1. The molecule has 0 N–H and O–H groups in total. The van der Waals surface area contributed by atoms with E-state index in [0.717, 1.165) is 44.7 Å². The molecule has 3 aromatic rings. The molecule has 0 saturated carbocycles. The van der Waals surface area contributed by atoms with E-state index in [1.807, 2.05) is 12.1 Å². The first-order valence-corrected chi connectivity index (χ1v) is 10.1. The number of para-hydroxylation sites is 1. The van der Waals surface area contributed by atoms with Gasteiger partial charge in [0.2, 0.25) is 11.7 Å². The van der Waals surface area contributed by atoms with Gasteiger partial charge in [-0.05, 0) is 49.3 Å². The quantitative estimate of drug-likeness (QED) is 0.558. The molecule has 1 saturated heterocycles. The molecule has 6 nitrogen and oxygen atoms in total. The summed E-state index contributed by atoms with van der Waals surface area (Å²) in [5, 5.41) is 3.94. The van der Waals surface area contributed by atoms with Crippen molar-refractivity contribution in [1.29, 1.82) is 0 Å². The van der Waals surface area contributed by atoms with E-state index >= 15 is 0 Å². The smallest absolute Gasteiger partial charge is 0.387 e. The highest BCUT2D eigenvalue weighted by atomic mass is 19.3. The molecule has 2 aromatic carbocycles. The van der Waals surface area contributed by atoms with E-state index < -0.39 is 6.61 Å². The van der Waals surface area contributed by atoms with E-state index in [9.17, 15) is 13.2 Å². The first-order chi connectivity index (χ1) is 15.1. The normalized spacial score (nSPS) is 15.9. The lowest BCUT2D eigenvalue weighted by Crippen LogP contribution is -2.30. The van der Waals surface area contributed by atoms with Gasteiger partial charge in [0.1, 0.15) is 11.6 Å². The fourth-order valence-electron chi connectivity index (χ4n) is 3.66. The van der Waals surface area contributed by atoms with E-state index in [4.69, 9.17) is 4.52 Å². The average molecular weight is 432 g/mol. The topological polar surface area (TPSA) is 54.6 Å². The average Bonchev–Trinajstić information content (AvgIpc) is 3.10. The first kappa shape index (κ1) is 21.3. The largest absolute Gasteiger partial charge is 0.434 e. The van der Waals surface area contributed by atoms with Crippen LogP contribution >= 0.6 is 0 Å². The minimum Gasteiger partial charge on any atom is -0.434 e. The molecule has 164 valence electrons. The van der Waals surface area contributed by atoms with Crippen LogP contribution in [-0.4, -0.2) is 52.7 Å². The van der Waals surface area contributed by atoms with Crippen LogP contribution in [0.4, 0.5) is 13.2 Å². The molecule has 0 radical (unpaired) electrons. The van der Waals surface area contributed by atoms with Crippen molar-refractivity contribution in [2.45, 2.75) is 26.1 Å². The number of aromatic nitrogens is 2. The zero-order valence-corrected chi connectivity index (χ0v) is 16.9. The third-order valence-electron chi connectivity index (χ3n) is 5.17. The Labute approximate surface area is 178 Å². The highest BCUT2D eigenvalue weighted by Crippen LogP contribution is 2.29. The van der Waals surface area contributed by atoms with Crippen LogP contribution in [0.1, 0.15) is 17.9 Å². The molecule has 0 unspecified atom stereocenters. The summed E-state index contributed by atoms with van der Waals surface area (Å²) in [4.78, 5) is 8.94. The zero-order valence-electron chi connectivity index (χ0n) is 16.9. The van der Waals surface area contributed by atoms with Crippen LogP contribution < -0.4 is 4.74 Å². The van der Waals surface area contributed by atoms with Crippen LogP contribution in [0.25, 0.3) is 11.4 Å². The van der Waals surface area contributed by atoms with Gasteiger partial charge in [0, 0.05) is 19.6 Å². The van der Waals surface area contributed by atoms with E-state index in [1.165, 1.54) is 18.2 Å². The van der Waals surface area contributed by atoms with Crippen molar-refractivity contribution in [3.63, 3.8) is 0 Å². The van der Waals surface area contributed by atoms with Crippen LogP contribution in [0.2, 0.25) is 0 Å². The molecule has 1 aliphatic rings. The summed E-state index contributed by atoms with van der Waals surface area (Å²) in [5.74, 6) is 0.428. The summed E-state index contributed by atoms with van der Waals surface area (Å²) in [7, 11) is 0. The summed E-state index contributed by atoms with van der Waals surface area (Å²) >= 11 is 0. The molecule has 1 fully saturated rings. The van der Waals surface area contributed by atoms with Crippen molar-refractivity contribution in [1.82, 2.24) is 19.9 Å². The van der Waals surface area contributed by atoms with Gasteiger partial charge in [0.05, 0.1) is 12.1 Å². The fraction of sp³-hybridized carbons (Fsp3) is 0.364. The predicted octanol–water partition coefficient (Wildman–Crippen LogP) is 4.19. The molecule has 1 aromatic heterocycles. The molecular formula is C22H23F3N4O2. The number of hydrogen-bond donors (Lipinski definition) is 0. The molecule has 0 bridgehead atoms. The summed E-state index contributed by atoms with van der Waals surface area (Å²) < 4.78 is 48.3. The van der Waals surface area contributed by atoms with E-state index in [2.05, 4.69) is 24.7 Å². The molecular weight excluding hydrogens is 409 g/mol. The Hall–Kier alpha value is -2.91. The number of ether oxygens (including phenoxy) is 1. The first-order valence-electron chi connectivity index (χ1n) is 10.1. The number of rotatable bonds is 7. The molecule has 0 amide bonds. The van der Waals surface area contributed by atoms with Gasteiger partial charge in [-0.1, -0.05) is 29.4 Å². The number of halogens is 3. The molecule has 1 aliphatic heterocycles. The Morgan fingerprint density at radius 2 is 1.65 bits per heavy atom. The standard InChI is InChI=1S/C22H23F3N4O2/c23-17-8-6-16(7-9-17)14-28-10-3-11-29(13-12-28)15-20-26-21(27-31-20)18-4-1-2-5-19(18)30-22(24)25/h1-2,4-9,22H,3,10-15H2. The summed E-state index contributed by atoms with van der Waals surface area (Å²) in [6.07, 6.45) is 0.979. The Balaban J connectivity index is 1.35. The van der Waals surface area contributed by atoms with Crippen molar-refractivity contribution >= 4 is 0 Å². The van der Waals surface area contributed by atoms with Crippen LogP contribution in [0.5, 0.6) is 5.75 Å². The maximum atomic E-state index is 13.1. The van der Waals surface area contributed by atoms with E-state index in [-0.39, 0.29) is 17.4 Å². The number of nitrogens with zero attached hydrogens (tertiary/aromatic N) is 4. The number of alkyl halides is 2. The van der Waals surface area contributed by atoms with Crippen molar-refractivity contribution in [3.05, 3.63) is 65.8 Å². The van der Waals surface area contributed by atoms with Crippen LogP contribution in [0, 0.1) is 5.82 Å². The molecule has 9 heteroatoms. The SMILES string of the molecule is Fc1ccc(CN2CCCN(Cc3nc(-c4ccccc4OC(F)F)no3)CC2)cc1. The van der Waals surface area contributed by atoms with Gasteiger partial charge in [0.15, 0.2) is 0 Å². The second-order valence-electron chi connectivity index (χ2n) is 7.42. The fourth-order valence-corrected chi connectivity index (χ4v) is 3.66. The van der Waals surface area contributed by atoms with Gasteiger partial charge in [-0.2, -0.15) is 13.8 Å². The lowest BCUT2D eigenvalue weighted by atomic mass is 10.2. The van der Waals surface area contributed by atoms with Crippen molar-refractivity contribution < 1.29 is 22.4 Å². The monoisotopic (exact) mass is 432 g/mol. The van der Waals surface area contributed by atoms with Crippen molar-refractivity contribution in [2.75, 3.05) is 26.2 Å². The van der Waals surface area contributed by atoms with Gasteiger partial charge < -0.3 is 9.26 Å². The van der Waals surface area contributed by atoms with Crippen molar-refractivity contribution in [2.24, 2.45) is 0 Å². The Bertz CT molecular complexity index is 981. The lowest BCUT2D eigenvalue weighted by Gasteiger charge is -2.21. The van der Waals surface area contributed by atoms with E-state index in [0.29, 0.717) is 18.0 Å². The molecule has 4 rings (SSSR count).